The van der Waals surface area contributed by atoms with Crippen molar-refractivity contribution in [3.8, 4) is 11.5 Å². The van der Waals surface area contributed by atoms with Crippen molar-refractivity contribution in [3.05, 3.63) is 53.1 Å². The Morgan fingerprint density at radius 3 is 2.75 bits per heavy atom. The van der Waals surface area contributed by atoms with Crippen LogP contribution >= 0.6 is 0 Å². The third-order valence-corrected chi connectivity index (χ3v) is 4.52. The smallest absolute Gasteiger partial charge is 0.262 e. The number of anilines is 1. The summed E-state index contributed by atoms with van der Waals surface area (Å²) in [6, 6.07) is 10.9. The Kier molecular flexibility index (Phi) is 5.58. The highest BCUT2D eigenvalue weighted by atomic mass is 16.5. The van der Waals surface area contributed by atoms with Crippen LogP contribution in [0.2, 0.25) is 0 Å². The zero-order valence-corrected chi connectivity index (χ0v) is 16.7. The number of carbonyl (C=O) groups excluding carboxylic acids is 2. The van der Waals surface area contributed by atoms with Gasteiger partial charge in [-0.3, -0.25) is 9.59 Å². The molecule has 2 aromatic rings. The Balaban J connectivity index is 1.66. The van der Waals surface area contributed by atoms with Crippen molar-refractivity contribution in [3.63, 3.8) is 0 Å². The molecule has 148 valence electrons. The Bertz CT molecular complexity index is 905. The number of ether oxygens (including phenoxy) is 2. The highest BCUT2D eigenvalue weighted by Crippen LogP contribution is 2.41. The number of rotatable bonds is 6. The van der Waals surface area contributed by atoms with Gasteiger partial charge in [-0.15, -0.1) is 0 Å². The fourth-order valence-corrected chi connectivity index (χ4v) is 3.19. The van der Waals surface area contributed by atoms with Gasteiger partial charge in [-0.1, -0.05) is 18.2 Å². The van der Waals surface area contributed by atoms with Crippen molar-refractivity contribution in [2.45, 2.75) is 39.7 Å². The first-order chi connectivity index (χ1) is 13.3. The number of para-hydroxylation sites is 1. The molecule has 6 nitrogen and oxygen atoms in total. The van der Waals surface area contributed by atoms with Gasteiger partial charge in [0.1, 0.15) is 5.60 Å². The molecule has 0 atom stereocenters. The molecule has 0 aliphatic carbocycles. The number of hydrogen-bond donors (Lipinski definition) is 2. The van der Waals surface area contributed by atoms with E-state index in [1.54, 1.807) is 24.3 Å². The minimum atomic E-state index is -0.300. The van der Waals surface area contributed by atoms with Crippen LogP contribution in [0.5, 0.6) is 11.5 Å². The van der Waals surface area contributed by atoms with Crippen molar-refractivity contribution >= 4 is 17.5 Å². The van der Waals surface area contributed by atoms with Crippen LogP contribution in [0.3, 0.4) is 0 Å². The summed E-state index contributed by atoms with van der Waals surface area (Å²) >= 11 is 0. The standard InChI is InChI=1S/C22H26N2O4/c1-5-23-21(26)15-10-9-14(2)17(11-15)24-19(25)13-27-18-8-6-7-16-12-22(3,4)28-20(16)18/h6-11H,5,12-13H2,1-4H3,(H,23,26)(H,24,25). The van der Waals surface area contributed by atoms with Crippen LogP contribution in [-0.2, 0) is 11.2 Å². The first-order valence-corrected chi connectivity index (χ1v) is 9.41. The molecule has 28 heavy (non-hydrogen) atoms. The zero-order chi connectivity index (χ0) is 20.3. The molecule has 2 amide bonds. The second-order valence-corrected chi connectivity index (χ2v) is 7.51. The molecule has 0 fully saturated rings. The number of benzene rings is 2. The molecular formula is C22H26N2O4. The second kappa shape index (κ2) is 7.92. The van der Waals surface area contributed by atoms with Gasteiger partial charge in [0.25, 0.3) is 11.8 Å². The number of carbonyl (C=O) groups is 2. The molecule has 0 bridgehead atoms. The molecule has 1 aliphatic rings. The lowest BCUT2D eigenvalue weighted by Gasteiger charge is -2.18. The van der Waals surface area contributed by atoms with Gasteiger partial charge in [-0.25, -0.2) is 0 Å². The van der Waals surface area contributed by atoms with Crippen molar-refractivity contribution in [1.29, 1.82) is 0 Å². The van der Waals surface area contributed by atoms with Gasteiger partial charge >= 0.3 is 0 Å². The van der Waals surface area contributed by atoms with E-state index in [1.165, 1.54) is 0 Å². The van der Waals surface area contributed by atoms with Crippen LogP contribution in [0.15, 0.2) is 36.4 Å². The second-order valence-electron chi connectivity index (χ2n) is 7.51. The van der Waals surface area contributed by atoms with Crippen molar-refractivity contribution < 1.29 is 19.1 Å². The lowest BCUT2D eigenvalue weighted by atomic mass is 10.0. The van der Waals surface area contributed by atoms with Gasteiger partial charge in [0.15, 0.2) is 18.1 Å². The highest BCUT2D eigenvalue weighted by Gasteiger charge is 2.32. The first kappa shape index (κ1) is 19.7. The minimum absolute atomic E-state index is 0.148. The van der Waals surface area contributed by atoms with Crippen molar-refractivity contribution in [2.75, 3.05) is 18.5 Å². The number of nitrogens with one attached hydrogen (secondary N) is 2. The molecular weight excluding hydrogens is 356 g/mol. The van der Waals surface area contributed by atoms with Gasteiger partial charge in [0.05, 0.1) is 0 Å². The molecule has 0 saturated heterocycles. The quantitative estimate of drug-likeness (QED) is 0.802. The summed E-state index contributed by atoms with van der Waals surface area (Å²) in [6.07, 6.45) is 0.803. The topological polar surface area (TPSA) is 76.7 Å². The fourth-order valence-electron chi connectivity index (χ4n) is 3.19. The molecule has 6 heteroatoms. The minimum Gasteiger partial charge on any atom is -0.483 e. The molecule has 2 N–H and O–H groups in total. The van der Waals surface area contributed by atoms with Gasteiger partial charge in [0, 0.05) is 29.8 Å². The van der Waals surface area contributed by atoms with Crippen LogP contribution in [0.1, 0.15) is 42.3 Å². The van der Waals surface area contributed by atoms with E-state index in [4.69, 9.17) is 9.47 Å². The Labute approximate surface area is 165 Å². The summed E-state index contributed by atoms with van der Waals surface area (Å²) in [5.41, 5.74) is 2.76. The van der Waals surface area contributed by atoms with E-state index < -0.39 is 0 Å². The molecule has 0 saturated carbocycles. The average molecular weight is 382 g/mol. The van der Waals surface area contributed by atoms with E-state index in [1.807, 2.05) is 39.8 Å². The number of hydrogen-bond acceptors (Lipinski definition) is 4. The maximum absolute atomic E-state index is 12.4. The third-order valence-electron chi connectivity index (χ3n) is 4.52. The fraction of sp³-hybridized carbons (Fsp3) is 0.364. The molecule has 1 heterocycles. The molecule has 0 spiro atoms. The van der Waals surface area contributed by atoms with E-state index in [0.717, 1.165) is 17.5 Å². The lowest BCUT2D eigenvalue weighted by molar-refractivity contribution is -0.118. The molecule has 3 rings (SSSR count). The van der Waals surface area contributed by atoms with Crippen molar-refractivity contribution in [1.82, 2.24) is 5.32 Å². The van der Waals surface area contributed by atoms with Gasteiger partial charge in [-0.05, 0) is 51.5 Å². The van der Waals surface area contributed by atoms with E-state index in [2.05, 4.69) is 10.6 Å². The van der Waals surface area contributed by atoms with Crippen LogP contribution in [0.25, 0.3) is 0 Å². The SMILES string of the molecule is CCNC(=O)c1ccc(C)c(NC(=O)COc2cccc3c2OC(C)(C)C3)c1. The summed E-state index contributed by atoms with van der Waals surface area (Å²) in [6.45, 7) is 8.17. The average Bonchev–Trinajstić information content (AvgIpc) is 2.96. The maximum Gasteiger partial charge on any atom is 0.262 e. The van der Waals surface area contributed by atoms with Gasteiger partial charge < -0.3 is 20.1 Å². The van der Waals surface area contributed by atoms with Crippen LogP contribution in [0.4, 0.5) is 5.69 Å². The predicted molar refractivity (Wildman–Crippen MR) is 108 cm³/mol. The largest absolute Gasteiger partial charge is 0.483 e. The van der Waals surface area contributed by atoms with Gasteiger partial charge in [-0.2, -0.15) is 0 Å². The summed E-state index contributed by atoms with van der Waals surface area (Å²) in [4.78, 5) is 24.4. The summed E-state index contributed by atoms with van der Waals surface area (Å²) in [7, 11) is 0. The molecule has 2 aromatic carbocycles. The third kappa shape index (κ3) is 4.44. The summed E-state index contributed by atoms with van der Waals surface area (Å²) in [5.74, 6) is 0.792. The predicted octanol–water partition coefficient (Wildman–Crippen LogP) is 3.48. The first-order valence-electron chi connectivity index (χ1n) is 9.41. The Morgan fingerprint density at radius 2 is 2.00 bits per heavy atom. The zero-order valence-electron chi connectivity index (χ0n) is 16.7. The number of amides is 2. The lowest BCUT2D eigenvalue weighted by Crippen LogP contribution is -2.25. The molecule has 0 unspecified atom stereocenters. The number of fused-ring (bicyclic) bond motifs is 1. The van der Waals surface area contributed by atoms with Crippen LogP contribution < -0.4 is 20.1 Å². The van der Waals surface area contributed by atoms with Crippen LogP contribution in [-0.4, -0.2) is 30.6 Å². The van der Waals surface area contributed by atoms with E-state index in [-0.39, 0.29) is 24.0 Å². The van der Waals surface area contributed by atoms with E-state index in [9.17, 15) is 9.59 Å². The Hall–Kier alpha value is -3.02. The summed E-state index contributed by atoms with van der Waals surface area (Å²) < 4.78 is 11.7. The van der Waals surface area contributed by atoms with E-state index in [0.29, 0.717) is 29.3 Å². The molecule has 1 aliphatic heterocycles. The van der Waals surface area contributed by atoms with Crippen LogP contribution in [0, 0.1) is 6.92 Å². The molecule has 0 aromatic heterocycles. The molecule has 0 radical (unpaired) electrons. The van der Waals surface area contributed by atoms with Gasteiger partial charge in [0.2, 0.25) is 0 Å². The van der Waals surface area contributed by atoms with E-state index >= 15 is 0 Å². The normalized spacial score (nSPS) is 14.0. The number of aryl methyl sites for hydroxylation is 1. The van der Waals surface area contributed by atoms with Crippen molar-refractivity contribution in [2.24, 2.45) is 0 Å². The maximum atomic E-state index is 12.4. The highest BCUT2D eigenvalue weighted by molar-refractivity contribution is 5.98. The monoisotopic (exact) mass is 382 g/mol. The summed E-state index contributed by atoms with van der Waals surface area (Å²) in [5, 5.41) is 5.57. The Morgan fingerprint density at radius 1 is 1.21 bits per heavy atom.